The van der Waals surface area contributed by atoms with E-state index in [0.29, 0.717) is 0 Å². The molecule has 0 aromatic heterocycles. The summed E-state index contributed by atoms with van der Waals surface area (Å²) in [6.45, 7) is 4.98. The van der Waals surface area contributed by atoms with E-state index in [-0.39, 0.29) is 17.8 Å². The molecule has 1 aliphatic rings. The molecule has 0 bridgehead atoms. The Bertz CT molecular complexity index is 166. The van der Waals surface area contributed by atoms with Gasteiger partial charge in [0, 0.05) is 12.6 Å². The second-order valence-electron chi connectivity index (χ2n) is 3.72. The highest BCUT2D eigenvalue weighted by molar-refractivity contribution is 6.27. The van der Waals surface area contributed by atoms with Gasteiger partial charge in [0.1, 0.15) is 5.88 Å². The number of halogens is 1. The molecule has 1 aliphatic carbocycles. The van der Waals surface area contributed by atoms with Crippen molar-refractivity contribution < 1.29 is 4.79 Å². The van der Waals surface area contributed by atoms with Gasteiger partial charge < -0.3 is 4.90 Å². The van der Waals surface area contributed by atoms with Gasteiger partial charge in [-0.05, 0) is 32.6 Å². The van der Waals surface area contributed by atoms with Crippen molar-refractivity contribution >= 4 is 17.5 Å². The predicted octanol–water partition coefficient (Wildman–Crippen LogP) is 1.87. The molecule has 0 unspecified atom stereocenters. The summed E-state index contributed by atoms with van der Waals surface area (Å²) in [6.07, 6.45) is 2.55. The van der Waals surface area contributed by atoms with Crippen LogP contribution in [-0.4, -0.2) is 29.3 Å². The third kappa shape index (κ3) is 2.67. The lowest BCUT2D eigenvalue weighted by Gasteiger charge is -2.25. The van der Waals surface area contributed by atoms with Crippen LogP contribution >= 0.6 is 11.6 Å². The second-order valence-corrected chi connectivity index (χ2v) is 3.98. The van der Waals surface area contributed by atoms with Crippen molar-refractivity contribution in [3.63, 3.8) is 0 Å². The van der Waals surface area contributed by atoms with Crippen molar-refractivity contribution in [3.8, 4) is 0 Å². The summed E-state index contributed by atoms with van der Waals surface area (Å²) in [6, 6.07) is 0.289. The van der Waals surface area contributed by atoms with Crippen LogP contribution in [-0.2, 0) is 4.79 Å². The van der Waals surface area contributed by atoms with Crippen LogP contribution in [0.3, 0.4) is 0 Å². The number of carbonyl (C=O) groups excluding carboxylic acids is 1. The molecule has 1 saturated carbocycles. The van der Waals surface area contributed by atoms with Crippen LogP contribution in [0.15, 0.2) is 0 Å². The van der Waals surface area contributed by atoms with Gasteiger partial charge in [0.15, 0.2) is 0 Å². The molecular weight excluding hydrogens is 174 g/mol. The fourth-order valence-corrected chi connectivity index (χ4v) is 1.41. The average molecular weight is 190 g/mol. The van der Waals surface area contributed by atoms with Crippen molar-refractivity contribution in [1.29, 1.82) is 0 Å². The van der Waals surface area contributed by atoms with Crippen LogP contribution in [0, 0.1) is 5.92 Å². The third-order valence-electron chi connectivity index (χ3n) is 2.21. The predicted molar refractivity (Wildman–Crippen MR) is 50.3 cm³/mol. The van der Waals surface area contributed by atoms with Gasteiger partial charge >= 0.3 is 0 Å². The van der Waals surface area contributed by atoms with E-state index in [0.717, 1.165) is 12.5 Å². The minimum Gasteiger partial charge on any atom is -0.339 e. The number of amides is 1. The average Bonchev–Trinajstić information content (AvgIpc) is 2.81. The number of carbonyl (C=O) groups is 1. The Hall–Kier alpha value is -0.240. The molecule has 0 atom stereocenters. The SMILES string of the molecule is CC(C)N(CC1CC1)C(=O)CCl. The lowest BCUT2D eigenvalue weighted by molar-refractivity contribution is -0.130. The number of rotatable bonds is 4. The standard InChI is InChI=1S/C9H16ClNO/c1-7(2)11(9(12)5-10)6-8-3-4-8/h7-8H,3-6H2,1-2H3. The zero-order chi connectivity index (χ0) is 9.14. The van der Waals surface area contributed by atoms with Gasteiger partial charge in [0.25, 0.3) is 0 Å². The Morgan fingerprint density at radius 3 is 2.50 bits per heavy atom. The van der Waals surface area contributed by atoms with E-state index in [1.54, 1.807) is 0 Å². The first kappa shape index (κ1) is 9.85. The lowest BCUT2D eigenvalue weighted by Crippen LogP contribution is -2.39. The molecule has 0 aromatic rings. The Labute approximate surface area is 78.9 Å². The zero-order valence-corrected chi connectivity index (χ0v) is 8.47. The summed E-state index contributed by atoms with van der Waals surface area (Å²) < 4.78 is 0. The van der Waals surface area contributed by atoms with Crippen LogP contribution in [0.25, 0.3) is 0 Å². The molecule has 12 heavy (non-hydrogen) atoms. The van der Waals surface area contributed by atoms with Gasteiger partial charge in [-0.1, -0.05) is 0 Å². The van der Waals surface area contributed by atoms with Gasteiger partial charge in [-0.25, -0.2) is 0 Å². The van der Waals surface area contributed by atoms with Crippen molar-refractivity contribution in [2.75, 3.05) is 12.4 Å². The van der Waals surface area contributed by atoms with E-state index in [2.05, 4.69) is 0 Å². The summed E-state index contributed by atoms with van der Waals surface area (Å²) in [7, 11) is 0. The summed E-state index contributed by atoms with van der Waals surface area (Å²) >= 11 is 5.50. The van der Waals surface area contributed by atoms with E-state index in [1.807, 2.05) is 18.7 Å². The van der Waals surface area contributed by atoms with Crippen LogP contribution < -0.4 is 0 Å². The van der Waals surface area contributed by atoms with E-state index < -0.39 is 0 Å². The molecule has 1 fully saturated rings. The molecule has 0 heterocycles. The first-order chi connectivity index (χ1) is 5.65. The summed E-state index contributed by atoms with van der Waals surface area (Å²) in [5, 5.41) is 0. The van der Waals surface area contributed by atoms with Gasteiger partial charge in [-0.3, -0.25) is 4.79 Å². The number of hydrogen-bond donors (Lipinski definition) is 0. The van der Waals surface area contributed by atoms with E-state index in [1.165, 1.54) is 12.8 Å². The fraction of sp³-hybridized carbons (Fsp3) is 0.889. The first-order valence-corrected chi connectivity index (χ1v) is 5.04. The van der Waals surface area contributed by atoms with Gasteiger partial charge in [-0.2, -0.15) is 0 Å². The van der Waals surface area contributed by atoms with Gasteiger partial charge in [0.05, 0.1) is 0 Å². The van der Waals surface area contributed by atoms with Gasteiger partial charge in [-0.15, -0.1) is 11.6 Å². The molecule has 0 radical (unpaired) electrons. The summed E-state index contributed by atoms with van der Waals surface area (Å²) in [4.78, 5) is 13.2. The van der Waals surface area contributed by atoms with E-state index >= 15 is 0 Å². The smallest absolute Gasteiger partial charge is 0.237 e. The number of hydrogen-bond acceptors (Lipinski definition) is 1. The first-order valence-electron chi connectivity index (χ1n) is 4.50. The van der Waals surface area contributed by atoms with Crippen molar-refractivity contribution in [2.45, 2.75) is 32.7 Å². The molecule has 2 nitrogen and oxygen atoms in total. The third-order valence-corrected chi connectivity index (χ3v) is 2.44. The Kier molecular flexibility index (Phi) is 3.39. The fourth-order valence-electron chi connectivity index (χ4n) is 1.26. The van der Waals surface area contributed by atoms with Crippen molar-refractivity contribution in [2.24, 2.45) is 5.92 Å². The molecular formula is C9H16ClNO. The second kappa shape index (κ2) is 4.13. The highest BCUT2D eigenvalue weighted by Gasteiger charge is 2.27. The lowest BCUT2D eigenvalue weighted by atomic mass is 10.2. The largest absolute Gasteiger partial charge is 0.339 e. The summed E-state index contributed by atoms with van der Waals surface area (Å²) in [5.74, 6) is 0.934. The number of nitrogens with zero attached hydrogens (tertiary/aromatic N) is 1. The molecule has 0 aromatic carbocycles. The maximum Gasteiger partial charge on any atom is 0.237 e. The maximum absolute atomic E-state index is 11.3. The Morgan fingerprint density at radius 2 is 2.17 bits per heavy atom. The molecule has 0 aliphatic heterocycles. The van der Waals surface area contributed by atoms with Crippen molar-refractivity contribution in [1.82, 2.24) is 4.90 Å². The Morgan fingerprint density at radius 1 is 1.58 bits per heavy atom. The molecule has 0 N–H and O–H groups in total. The summed E-state index contributed by atoms with van der Waals surface area (Å²) in [5.41, 5.74) is 0. The van der Waals surface area contributed by atoms with Crippen LogP contribution in [0.2, 0.25) is 0 Å². The monoisotopic (exact) mass is 189 g/mol. The van der Waals surface area contributed by atoms with E-state index in [9.17, 15) is 4.79 Å². The van der Waals surface area contributed by atoms with Crippen molar-refractivity contribution in [3.05, 3.63) is 0 Å². The molecule has 3 heteroatoms. The molecule has 1 amide bonds. The Balaban J connectivity index is 2.41. The molecule has 0 spiro atoms. The highest BCUT2D eigenvalue weighted by atomic mass is 35.5. The highest BCUT2D eigenvalue weighted by Crippen LogP contribution is 2.30. The van der Waals surface area contributed by atoms with Crippen LogP contribution in [0.1, 0.15) is 26.7 Å². The topological polar surface area (TPSA) is 20.3 Å². The quantitative estimate of drug-likeness (QED) is 0.619. The van der Waals surface area contributed by atoms with Crippen LogP contribution in [0.4, 0.5) is 0 Å². The molecule has 0 saturated heterocycles. The minimum atomic E-state index is 0.0681. The zero-order valence-electron chi connectivity index (χ0n) is 7.72. The molecule has 70 valence electrons. The normalized spacial score (nSPS) is 16.7. The molecule has 1 rings (SSSR count). The minimum absolute atomic E-state index is 0.0681. The maximum atomic E-state index is 11.3. The number of alkyl halides is 1. The van der Waals surface area contributed by atoms with Gasteiger partial charge in [0.2, 0.25) is 5.91 Å². The van der Waals surface area contributed by atoms with Crippen LogP contribution in [0.5, 0.6) is 0 Å². The van der Waals surface area contributed by atoms with E-state index in [4.69, 9.17) is 11.6 Å².